The van der Waals surface area contributed by atoms with Crippen molar-refractivity contribution in [3.63, 3.8) is 0 Å². The fraction of sp³-hybridized carbons (Fsp3) is 0.111. The Balaban J connectivity index is 1.83. The summed E-state index contributed by atoms with van der Waals surface area (Å²) in [6.45, 7) is 1.97. The number of anilines is 1. The number of rotatable bonds is 3. The average Bonchev–Trinajstić information content (AvgIpc) is 3.04. The predicted molar refractivity (Wildman–Crippen MR) is 91.7 cm³/mol. The number of alkyl halides is 3. The van der Waals surface area contributed by atoms with Crippen LogP contribution in [-0.2, 0) is 6.18 Å². The molecule has 25 heavy (non-hydrogen) atoms. The Labute approximate surface area is 146 Å². The monoisotopic (exact) mass is 362 g/mol. The Hall–Kier alpha value is -2.67. The summed E-state index contributed by atoms with van der Waals surface area (Å²) in [6, 6.07) is 14.7. The number of nitrogens with zero attached hydrogens (tertiary/aromatic N) is 1. The number of amides is 1. The maximum atomic E-state index is 12.6. The van der Waals surface area contributed by atoms with Crippen LogP contribution in [0.25, 0.3) is 11.1 Å². The van der Waals surface area contributed by atoms with Crippen molar-refractivity contribution in [3.8, 4) is 11.1 Å². The smallest absolute Gasteiger partial charge is 0.298 e. The number of benzene rings is 2. The fourth-order valence-corrected chi connectivity index (χ4v) is 3.07. The highest BCUT2D eigenvalue weighted by atomic mass is 32.1. The number of hydrogen-bond donors (Lipinski definition) is 1. The molecular formula is C18H13F3N2OS. The van der Waals surface area contributed by atoms with Gasteiger partial charge in [-0.05, 0) is 35.7 Å². The molecule has 0 saturated heterocycles. The van der Waals surface area contributed by atoms with Gasteiger partial charge in [-0.1, -0.05) is 36.4 Å². The third kappa shape index (κ3) is 3.88. The van der Waals surface area contributed by atoms with Gasteiger partial charge in [0.25, 0.3) is 5.91 Å². The lowest BCUT2D eigenvalue weighted by Gasteiger charge is -2.08. The lowest BCUT2D eigenvalue weighted by atomic mass is 9.99. The van der Waals surface area contributed by atoms with E-state index in [0.29, 0.717) is 5.56 Å². The molecule has 7 heteroatoms. The molecule has 0 saturated carbocycles. The van der Waals surface area contributed by atoms with E-state index in [2.05, 4.69) is 10.3 Å². The van der Waals surface area contributed by atoms with Crippen molar-refractivity contribution in [2.24, 2.45) is 0 Å². The van der Waals surface area contributed by atoms with Crippen LogP contribution >= 0.6 is 11.3 Å². The minimum absolute atomic E-state index is 0.0846. The van der Waals surface area contributed by atoms with E-state index in [9.17, 15) is 18.0 Å². The third-order valence-corrected chi connectivity index (χ3v) is 4.35. The van der Waals surface area contributed by atoms with Crippen molar-refractivity contribution < 1.29 is 18.0 Å². The van der Waals surface area contributed by atoms with Crippen LogP contribution in [0.2, 0.25) is 0 Å². The zero-order chi connectivity index (χ0) is 18.0. The van der Waals surface area contributed by atoms with Crippen LogP contribution in [0.1, 0.15) is 21.6 Å². The molecule has 1 aromatic heterocycles. The maximum Gasteiger partial charge on any atom is 0.434 e. The number of thiazole rings is 1. The zero-order valence-corrected chi connectivity index (χ0v) is 13.9. The first-order valence-corrected chi connectivity index (χ1v) is 8.23. The molecule has 0 atom stereocenters. The average molecular weight is 362 g/mol. The summed E-state index contributed by atoms with van der Waals surface area (Å²) in [5.41, 5.74) is 2.26. The predicted octanol–water partition coefficient (Wildman–Crippen LogP) is 5.39. The molecule has 3 rings (SSSR count). The van der Waals surface area contributed by atoms with Crippen molar-refractivity contribution in [2.75, 3.05) is 5.32 Å². The molecule has 0 unspecified atom stereocenters. The van der Waals surface area contributed by atoms with Crippen LogP contribution < -0.4 is 5.32 Å². The molecule has 2 aromatic carbocycles. The van der Waals surface area contributed by atoms with Crippen LogP contribution in [0.3, 0.4) is 0 Å². The minimum atomic E-state index is -4.52. The molecule has 1 heterocycles. The van der Waals surface area contributed by atoms with Gasteiger partial charge in [0.05, 0.1) is 0 Å². The van der Waals surface area contributed by atoms with E-state index in [0.717, 1.165) is 33.4 Å². The van der Waals surface area contributed by atoms with E-state index >= 15 is 0 Å². The second kappa shape index (κ2) is 6.68. The van der Waals surface area contributed by atoms with Gasteiger partial charge in [-0.25, -0.2) is 4.98 Å². The number of nitrogens with one attached hydrogen (secondary N) is 1. The Morgan fingerprint density at radius 3 is 2.56 bits per heavy atom. The van der Waals surface area contributed by atoms with Gasteiger partial charge >= 0.3 is 6.18 Å². The largest absolute Gasteiger partial charge is 0.434 e. The van der Waals surface area contributed by atoms with Crippen molar-refractivity contribution in [1.82, 2.24) is 4.98 Å². The number of hydrogen-bond acceptors (Lipinski definition) is 3. The molecule has 0 aliphatic rings. The van der Waals surface area contributed by atoms with Crippen molar-refractivity contribution in [2.45, 2.75) is 13.1 Å². The topological polar surface area (TPSA) is 42.0 Å². The van der Waals surface area contributed by atoms with Gasteiger partial charge < -0.3 is 0 Å². The number of carbonyl (C=O) groups is 1. The third-order valence-electron chi connectivity index (χ3n) is 3.60. The fourth-order valence-electron chi connectivity index (χ4n) is 2.36. The van der Waals surface area contributed by atoms with Gasteiger partial charge in [-0.2, -0.15) is 13.2 Å². The first-order chi connectivity index (χ1) is 11.8. The van der Waals surface area contributed by atoms with E-state index in [1.54, 1.807) is 18.2 Å². The van der Waals surface area contributed by atoms with Crippen LogP contribution in [0.5, 0.6) is 0 Å². The second-order valence-electron chi connectivity index (χ2n) is 5.39. The van der Waals surface area contributed by atoms with Gasteiger partial charge in [-0.3, -0.25) is 10.1 Å². The summed E-state index contributed by atoms with van der Waals surface area (Å²) in [4.78, 5) is 15.7. The van der Waals surface area contributed by atoms with Crippen LogP contribution in [0.15, 0.2) is 53.9 Å². The SMILES string of the molecule is Cc1ccccc1-c1cccc(C(=O)Nc2nc(C(F)(F)F)cs2)c1. The lowest BCUT2D eigenvalue weighted by Crippen LogP contribution is -2.12. The van der Waals surface area contributed by atoms with Crippen molar-refractivity contribution in [1.29, 1.82) is 0 Å². The highest BCUT2D eigenvalue weighted by molar-refractivity contribution is 7.14. The Morgan fingerprint density at radius 1 is 1.12 bits per heavy atom. The summed E-state index contributed by atoms with van der Waals surface area (Å²) in [5, 5.41) is 3.20. The molecule has 0 aliphatic heterocycles. The molecule has 0 radical (unpaired) electrons. The number of aryl methyl sites for hydroxylation is 1. The first kappa shape index (κ1) is 17.2. The standard InChI is InChI=1S/C18H13F3N2OS/c1-11-5-2-3-8-14(11)12-6-4-7-13(9-12)16(24)23-17-22-15(10-25-17)18(19,20)21/h2-10H,1H3,(H,22,23,24). The van der Waals surface area contributed by atoms with Gasteiger partial charge in [0, 0.05) is 10.9 Å². The molecule has 3 aromatic rings. The number of aromatic nitrogens is 1. The quantitative estimate of drug-likeness (QED) is 0.679. The maximum absolute atomic E-state index is 12.6. The lowest BCUT2D eigenvalue weighted by molar-refractivity contribution is -0.140. The van der Waals surface area contributed by atoms with Crippen molar-refractivity contribution >= 4 is 22.4 Å². The number of halogens is 3. The Bertz CT molecular complexity index is 918. The highest BCUT2D eigenvalue weighted by Crippen LogP contribution is 2.32. The molecule has 0 aliphatic carbocycles. The van der Waals surface area contributed by atoms with Crippen LogP contribution in [-0.4, -0.2) is 10.9 Å². The summed E-state index contributed by atoms with van der Waals surface area (Å²) in [6.07, 6.45) is -4.52. The number of carbonyl (C=O) groups excluding carboxylic acids is 1. The Morgan fingerprint density at radius 2 is 1.88 bits per heavy atom. The summed E-state index contributed by atoms with van der Waals surface area (Å²) >= 11 is 0.739. The summed E-state index contributed by atoms with van der Waals surface area (Å²) < 4.78 is 37.7. The van der Waals surface area contributed by atoms with Crippen molar-refractivity contribution in [3.05, 3.63) is 70.7 Å². The van der Waals surface area contributed by atoms with E-state index in [-0.39, 0.29) is 5.13 Å². The molecule has 1 amide bonds. The van der Waals surface area contributed by atoms with Gasteiger partial charge in [-0.15, -0.1) is 11.3 Å². The van der Waals surface area contributed by atoms with Crippen LogP contribution in [0, 0.1) is 6.92 Å². The summed E-state index contributed by atoms with van der Waals surface area (Å²) in [7, 11) is 0. The highest BCUT2D eigenvalue weighted by Gasteiger charge is 2.33. The molecule has 128 valence electrons. The van der Waals surface area contributed by atoms with E-state index < -0.39 is 17.8 Å². The molecule has 0 spiro atoms. The molecular weight excluding hydrogens is 349 g/mol. The Kier molecular flexibility index (Phi) is 4.59. The van der Waals surface area contributed by atoms with E-state index in [1.165, 1.54) is 0 Å². The molecule has 0 bridgehead atoms. The molecule has 0 fully saturated rings. The van der Waals surface area contributed by atoms with Crippen LogP contribution in [0.4, 0.5) is 18.3 Å². The van der Waals surface area contributed by atoms with Gasteiger partial charge in [0.2, 0.25) is 0 Å². The van der Waals surface area contributed by atoms with Gasteiger partial charge in [0.1, 0.15) is 0 Å². The minimum Gasteiger partial charge on any atom is -0.298 e. The van der Waals surface area contributed by atoms with E-state index in [4.69, 9.17) is 0 Å². The van der Waals surface area contributed by atoms with E-state index in [1.807, 2.05) is 37.3 Å². The van der Waals surface area contributed by atoms with Gasteiger partial charge in [0.15, 0.2) is 10.8 Å². The first-order valence-electron chi connectivity index (χ1n) is 7.35. The molecule has 3 nitrogen and oxygen atoms in total. The summed E-state index contributed by atoms with van der Waals surface area (Å²) in [5.74, 6) is -0.501. The normalized spacial score (nSPS) is 11.4. The molecule has 1 N–H and O–H groups in total. The second-order valence-corrected chi connectivity index (χ2v) is 6.24. The zero-order valence-electron chi connectivity index (χ0n) is 13.1.